The second-order valence-electron chi connectivity index (χ2n) is 14.0. The summed E-state index contributed by atoms with van der Waals surface area (Å²) in [7, 11) is 0. The van der Waals surface area contributed by atoms with Crippen molar-refractivity contribution in [2.45, 2.75) is 6.92 Å². The molecule has 0 saturated heterocycles. The number of thiophene rings is 1. The van der Waals surface area contributed by atoms with Gasteiger partial charge < -0.3 is 4.57 Å². The van der Waals surface area contributed by atoms with Crippen LogP contribution in [-0.4, -0.2) is 19.5 Å². The first-order valence-corrected chi connectivity index (χ1v) is 19.9. The summed E-state index contributed by atoms with van der Waals surface area (Å²) in [5.41, 5.74) is 10.7. The van der Waals surface area contributed by atoms with Crippen LogP contribution in [0.3, 0.4) is 0 Å². The van der Waals surface area contributed by atoms with Crippen molar-refractivity contribution in [3.05, 3.63) is 195 Å². The van der Waals surface area contributed by atoms with Crippen LogP contribution in [0.25, 0.3) is 104 Å². The van der Waals surface area contributed by atoms with Gasteiger partial charge in [-0.1, -0.05) is 152 Å². The minimum atomic E-state index is 0.644. The summed E-state index contributed by atoms with van der Waals surface area (Å²) in [6, 6.07) is 57.8. The van der Waals surface area contributed by atoms with Crippen LogP contribution >= 0.6 is 11.3 Å². The van der Waals surface area contributed by atoms with Gasteiger partial charge >= 0.3 is 0 Å². The molecule has 7 aromatic carbocycles. The highest BCUT2D eigenvalue weighted by atomic mass is 32.1. The quantitative estimate of drug-likeness (QED) is 0.145. The van der Waals surface area contributed by atoms with E-state index in [2.05, 4.69) is 164 Å². The van der Waals surface area contributed by atoms with E-state index in [1.807, 2.05) is 42.5 Å². The molecular weight excluding hydrogens is 713 g/mol. The smallest absolute Gasteiger partial charge is 0.165 e. The number of allylic oxidation sites excluding steroid dienone is 5. The summed E-state index contributed by atoms with van der Waals surface area (Å²) in [6.07, 6.45) is 8.15. The standard InChI is InChI=1S/C52H36N4S/c1-3-17-38(18-4-2)56-46-27-15-13-25-41(46)42-30-29-36(33-47(42)56)39-23-11-12-24-40(39)37-31-44-43-26-14-16-28-48(43)57-49(44)45(32-37)52-54-50(34-19-7-5-8-20-34)53-51(55-52)35-21-9-6-10-22-35/h3-33H,1H2,2H3/b18-4-,38-17+. The maximum Gasteiger partial charge on any atom is 0.165 e. The lowest BCUT2D eigenvalue weighted by atomic mass is 9.92. The van der Waals surface area contributed by atoms with Crippen molar-refractivity contribution in [3.8, 4) is 56.4 Å². The van der Waals surface area contributed by atoms with Crippen LogP contribution in [0.15, 0.2) is 195 Å². The number of aromatic nitrogens is 4. The van der Waals surface area contributed by atoms with Gasteiger partial charge in [0.15, 0.2) is 17.5 Å². The van der Waals surface area contributed by atoms with E-state index in [1.165, 1.54) is 26.2 Å². The molecule has 0 unspecified atom stereocenters. The van der Waals surface area contributed by atoms with Crippen LogP contribution in [0.4, 0.5) is 0 Å². The topological polar surface area (TPSA) is 43.6 Å². The second kappa shape index (κ2) is 14.5. The Morgan fingerprint density at radius 1 is 0.509 bits per heavy atom. The van der Waals surface area contributed by atoms with E-state index in [0.29, 0.717) is 17.5 Å². The van der Waals surface area contributed by atoms with Crippen LogP contribution in [0.5, 0.6) is 0 Å². The largest absolute Gasteiger partial charge is 0.309 e. The number of hydrogen-bond acceptors (Lipinski definition) is 4. The van der Waals surface area contributed by atoms with Crippen LogP contribution in [0.2, 0.25) is 0 Å². The van der Waals surface area contributed by atoms with E-state index >= 15 is 0 Å². The molecule has 0 amide bonds. The molecule has 4 nitrogen and oxygen atoms in total. The number of para-hydroxylation sites is 1. The van der Waals surface area contributed by atoms with Gasteiger partial charge in [0.2, 0.25) is 0 Å². The molecule has 0 radical (unpaired) electrons. The Balaban J connectivity index is 1.22. The van der Waals surface area contributed by atoms with Crippen molar-refractivity contribution in [1.29, 1.82) is 0 Å². The molecule has 5 heteroatoms. The van der Waals surface area contributed by atoms with Gasteiger partial charge in [0.25, 0.3) is 0 Å². The Kier molecular flexibility index (Phi) is 8.70. The molecule has 0 fully saturated rings. The summed E-state index contributed by atoms with van der Waals surface area (Å²) in [5.74, 6) is 1.94. The fraction of sp³-hybridized carbons (Fsp3) is 0.0192. The van der Waals surface area contributed by atoms with E-state index < -0.39 is 0 Å². The van der Waals surface area contributed by atoms with Crippen molar-refractivity contribution < 1.29 is 0 Å². The predicted molar refractivity (Wildman–Crippen MR) is 242 cm³/mol. The summed E-state index contributed by atoms with van der Waals surface area (Å²) >= 11 is 1.79. The van der Waals surface area contributed by atoms with E-state index in [0.717, 1.165) is 60.4 Å². The van der Waals surface area contributed by atoms with Gasteiger partial charge in [-0.05, 0) is 71.7 Å². The molecule has 3 heterocycles. The Labute approximate surface area is 335 Å². The third kappa shape index (κ3) is 6.06. The fourth-order valence-electron chi connectivity index (χ4n) is 7.98. The third-order valence-corrected chi connectivity index (χ3v) is 11.7. The highest BCUT2D eigenvalue weighted by molar-refractivity contribution is 7.26. The fourth-order valence-corrected chi connectivity index (χ4v) is 9.17. The third-order valence-electron chi connectivity index (χ3n) is 10.5. The van der Waals surface area contributed by atoms with Gasteiger partial charge in [-0.15, -0.1) is 11.3 Å². The molecule has 0 spiro atoms. The second-order valence-corrected chi connectivity index (χ2v) is 15.0. The molecule has 3 aromatic heterocycles. The minimum Gasteiger partial charge on any atom is -0.309 e. The maximum atomic E-state index is 5.21. The van der Waals surface area contributed by atoms with Gasteiger partial charge in [0.05, 0.1) is 11.0 Å². The van der Waals surface area contributed by atoms with Gasteiger partial charge in [0.1, 0.15) is 0 Å². The molecule has 0 aliphatic carbocycles. The van der Waals surface area contributed by atoms with Crippen molar-refractivity contribution in [2.24, 2.45) is 0 Å². The van der Waals surface area contributed by atoms with Gasteiger partial charge in [-0.25, -0.2) is 15.0 Å². The van der Waals surface area contributed by atoms with Crippen LogP contribution in [0, 0.1) is 0 Å². The molecule has 0 aliphatic rings. The van der Waals surface area contributed by atoms with Crippen molar-refractivity contribution in [2.75, 3.05) is 0 Å². The molecule has 57 heavy (non-hydrogen) atoms. The van der Waals surface area contributed by atoms with E-state index in [1.54, 1.807) is 11.3 Å². The molecule has 270 valence electrons. The number of benzene rings is 7. The van der Waals surface area contributed by atoms with Crippen molar-refractivity contribution in [1.82, 2.24) is 19.5 Å². The van der Waals surface area contributed by atoms with E-state index in [-0.39, 0.29) is 0 Å². The monoisotopic (exact) mass is 748 g/mol. The molecular formula is C52H36N4S. The van der Waals surface area contributed by atoms with Crippen molar-refractivity contribution in [3.63, 3.8) is 0 Å². The lowest BCUT2D eigenvalue weighted by molar-refractivity contribution is 1.08. The Hall–Kier alpha value is -7.21. The molecule has 10 aromatic rings. The molecule has 0 N–H and O–H groups in total. The van der Waals surface area contributed by atoms with Crippen LogP contribution in [0.1, 0.15) is 6.92 Å². The summed E-state index contributed by atoms with van der Waals surface area (Å²) in [4.78, 5) is 15.4. The molecule has 0 saturated carbocycles. The van der Waals surface area contributed by atoms with Crippen molar-refractivity contribution >= 4 is 59.0 Å². The highest BCUT2D eigenvalue weighted by Crippen LogP contribution is 2.45. The average Bonchev–Trinajstić information content (AvgIpc) is 3.82. The molecule has 10 rings (SSSR count). The SMILES string of the molecule is C=C/C=C(\C=C/C)n1c2ccccc2c2ccc(-c3ccccc3-c3cc(-c4nc(-c5ccccc5)nc(-c5ccccc5)n4)c4sc5ccccc5c4c3)cc21. The Morgan fingerprint density at radius 2 is 1.11 bits per heavy atom. The lowest BCUT2D eigenvalue weighted by Gasteiger charge is -2.14. The molecule has 0 bridgehead atoms. The number of rotatable bonds is 8. The first-order valence-electron chi connectivity index (χ1n) is 19.1. The van der Waals surface area contributed by atoms with E-state index in [9.17, 15) is 0 Å². The van der Waals surface area contributed by atoms with E-state index in [4.69, 9.17) is 15.0 Å². The molecule has 0 aliphatic heterocycles. The Bertz CT molecular complexity index is 3150. The lowest BCUT2D eigenvalue weighted by Crippen LogP contribution is -2.00. The number of nitrogens with zero attached hydrogens (tertiary/aromatic N) is 4. The zero-order valence-electron chi connectivity index (χ0n) is 31.3. The minimum absolute atomic E-state index is 0.644. The number of hydrogen-bond donors (Lipinski definition) is 0. The summed E-state index contributed by atoms with van der Waals surface area (Å²) in [6.45, 7) is 6.09. The van der Waals surface area contributed by atoms with Gasteiger partial charge in [0, 0.05) is 53.3 Å². The predicted octanol–water partition coefficient (Wildman–Crippen LogP) is 14.3. The zero-order chi connectivity index (χ0) is 38.3. The number of fused-ring (bicyclic) bond motifs is 6. The average molecular weight is 749 g/mol. The highest BCUT2D eigenvalue weighted by Gasteiger charge is 2.20. The van der Waals surface area contributed by atoms with Gasteiger partial charge in [-0.3, -0.25) is 0 Å². The summed E-state index contributed by atoms with van der Waals surface area (Å²) in [5, 5.41) is 4.82. The van der Waals surface area contributed by atoms with Crippen LogP contribution in [-0.2, 0) is 0 Å². The van der Waals surface area contributed by atoms with Crippen LogP contribution < -0.4 is 0 Å². The summed E-state index contributed by atoms with van der Waals surface area (Å²) < 4.78 is 4.72. The molecule has 0 atom stereocenters. The normalized spacial score (nSPS) is 12.1. The Morgan fingerprint density at radius 3 is 1.81 bits per heavy atom. The first-order chi connectivity index (χ1) is 28.2. The maximum absolute atomic E-state index is 5.21. The first kappa shape index (κ1) is 34.3. The zero-order valence-corrected chi connectivity index (χ0v) is 32.1. The van der Waals surface area contributed by atoms with Gasteiger partial charge in [-0.2, -0.15) is 0 Å².